The number of rotatable bonds is 4. The van der Waals surface area contributed by atoms with Crippen LogP contribution in [0.3, 0.4) is 0 Å². The number of carbonyl (C=O) groups excluding carboxylic acids is 1. The number of carbonyl (C=O) groups is 1. The molecule has 1 amide bonds. The zero-order valence-corrected chi connectivity index (χ0v) is 16.5. The molecule has 5 nitrogen and oxygen atoms in total. The summed E-state index contributed by atoms with van der Waals surface area (Å²) in [4.78, 5) is 12.6. The largest absolute Gasteiger partial charge is 0.326 e. The number of hydrogen-bond acceptors (Lipinski definition) is 3. The molecule has 0 radical (unpaired) electrons. The molecule has 6 heteroatoms. The maximum atomic E-state index is 12.6. The van der Waals surface area contributed by atoms with Gasteiger partial charge in [-0.15, -0.1) is 0 Å². The van der Waals surface area contributed by atoms with E-state index in [9.17, 15) is 13.2 Å². The normalized spacial score (nSPS) is 14.6. The van der Waals surface area contributed by atoms with Gasteiger partial charge in [0.25, 0.3) is 0 Å². The monoisotopic (exact) mass is 394 g/mol. The van der Waals surface area contributed by atoms with Gasteiger partial charge in [-0.3, -0.25) is 4.79 Å². The summed E-state index contributed by atoms with van der Waals surface area (Å²) in [5.41, 5.74) is 3.75. The van der Waals surface area contributed by atoms with E-state index >= 15 is 0 Å². The molecule has 28 heavy (non-hydrogen) atoms. The minimum Gasteiger partial charge on any atom is -0.326 e. The van der Waals surface area contributed by atoms with Gasteiger partial charge >= 0.3 is 0 Å². The van der Waals surface area contributed by atoms with E-state index in [2.05, 4.69) is 5.32 Å². The minimum absolute atomic E-state index is 0.0907. The average molecular weight is 394 g/mol. The van der Waals surface area contributed by atoms with Crippen LogP contribution in [-0.4, -0.2) is 31.4 Å². The molecule has 1 N–H and O–H groups in total. The molecule has 4 rings (SSSR count). The summed E-state index contributed by atoms with van der Waals surface area (Å²) in [6.07, 6.45) is 2.20. The summed E-state index contributed by atoms with van der Waals surface area (Å²) in [5, 5.41) is 5.14. The zero-order chi connectivity index (χ0) is 19.7. The van der Waals surface area contributed by atoms with Crippen molar-refractivity contribution in [3.8, 4) is 0 Å². The molecule has 3 aromatic rings. The van der Waals surface area contributed by atoms with Crippen molar-refractivity contribution in [2.45, 2.75) is 19.4 Å². The Morgan fingerprint density at radius 3 is 2.64 bits per heavy atom. The van der Waals surface area contributed by atoms with Crippen LogP contribution in [0.25, 0.3) is 10.8 Å². The first-order valence-corrected chi connectivity index (χ1v) is 11.1. The highest BCUT2D eigenvalue weighted by molar-refractivity contribution is 7.88. The Morgan fingerprint density at radius 1 is 1.04 bits per heavy atom. The van der Waals surface area contributed by atoms with Crippen LogP contribution in [0, 0.1) is 0 Å². The van der Waals surface area contributed by atoms with Gasteiger partial charge in [0.05, 0.1) is 12.7 Å². The lowest BCUT2D eigenvalue weighted by molar-refractivity contribution is -0.115. The molecule has 0 aliphatic carbocycles. The molecule has 1 aliphatic heterocycles. The second kappa shape index (κ2) is 7.37. The van der Waals surface area contributed by atoms with Crippen molar-refractivity contribution in [3.63, 3.8) is 0 Å². The van der Waals surface area contributed by atoms with Crippen LogP contribution < -0.4 is 5.32 Å². The van der Waals surface area contributed by atoms with Crippen molar-refractivity contribution >= 4 is 32.4 Å². The predicted molar refractivity (Wildman–Crippen MR) is 112 cm³/mol. The number of benzene rings is 3. The van der Waals surface area contributed by atoms with Crippen LogP contribution in [0.5, 0.6) is 0 Å². The van der Waals surface area contributed by atoms with Crippen LogP contribution in [-0.2, 0) is 34.2 Å². The van der Waals surface area contributed by atoms with Crippen LogP contribution >= 0.6 is 0 Å². The molecule has 144 valence electrons. The molecular weight excluding hydrogens is 372 g/mol. The summed E-state index contributed by atoms with van der Waals surface area (Å²) >= 11 is 0. The Bertz CT molecular complexity index is 1150. The molecule has 0 aromatic heterocycles. The zero-order valence-electron chi connectivity index (χ0n) is 15.7. The molecule has 1 aliphatic rings. The number of fused-ring (bicyclic) bond motifs is 2. The van der Waals surface area contributed by atoms with Crippen LogP contribution in [0.4, 0.5) is 5.69 Å². The Hall–Kier alpha value is -2.70. The number of sulfonamides is 1. The second-order valence-electron chi connectivity index (χ2n) is 7.19. The van der Waals surface area contributed by atoms with E-state index in [-0.39, 0.29) is 12.3 Å². The standard InChI is InChI=1S/C22H22N2O3S/c1-28(26,27)24-12-11-16-9-10-20(13-19(16)15-24)23-22(25)14-18-7-4-6-17-5-2-3-8-21(17)18/h2-10,13H,11-12,14-15H2,1H3,(H,23,25). The van der Waals surface area contributed by atoms with Gasteiger partial charge in [-0.25, -0.2) is 8.42 Å². The molecule has 0 saturated heterocycles. The van der Waals surface area contributed by atoms with Crippen LogP contribution in [0.1, 0.15) is 16.7 Å². The Kier molecular flexibility index (Phi) is 4.91. The van der Waals surface area contributed by atoms with Crippen molar-refractivity contribution in [2.24, 2.45) is 0 Å². The molecule has 0 fully saturated rings. The molecule has 1 heterocycles. The molecule has 0 unspecified atom stereocenters. The lowest BCUT2D eigenvalue weighted by atomic mass is 10.00. The minimum atomic E-state index is -3.22. The summed E-state index contributed by atoms with van der Waals surface area (Å²) in [5.74, 6) is -0.0907. The maximum absolute atomic E-state index is 12.6. The summed E-state index contributed by atoms with van der Waals surface area (Å²) in [7, 11) is -3.22. The van der Waals surface area contributed by atoms with Crippen LogP contribution in [0.2, 0.25) is 0 Å². The third kappa shape index (κ3) is 3.93. The van der Waals surface area contributed by atoms with Crippen molar-refractivity contribution in [3.05, 3.63) is 77.4 Å². The topological polar surface area (TPSA) is 66.5 Å². The van der Waals surface area contributed by atoms with E-state index in [1.54, 1.807) is 0 Å². The lowest BCUT2D eigenvalue weighted by Crippen LogP contribution is -2.35. The van der Waals surface area contributed by atoms with E-state index < -0.39 is 10.0 Å². The molecule has 0 spiro atoms. The van der Waals surface area contributed by atoms with Crippen molar-refractivity contribution < 1.29 is 13.2 Å². The van der Waals surface area contributed by atoms with E-state index in [4.69, 9.17) is 0 Å². The average Bonchev–Trinajstić information content (AvgIpc) is 2.67. The number of hydrogen-bond donors (Lipinski definition) is 1. The number of nitrogens with zero attached hydrogens (tertiary/aromatic N) is 1. The first kappa shape index (κ1) is 18.7. The van der Waals surface area contributed by atoms with Gasteiger partial charge in [0.15, 0.2) is 0 Å². The molecule has 0 atom stereocenters. The SMILES string of the molecule is CS(=O)(=O)N1CCc2ccc(NC(=O)Cc3cccc4ccccc34)cc2C1. The molecule has 0 saturated carbocycles. The van der Waals surface area contributed by atoms with E-state index in [1.165, 1.54) is 10.6 Å². The summed E-state index contributed by atoms with van der Waals surface area (Å²) in [6, 6.07) is 19.7. The fourth-order valence-electron chi connectivity index (χ4n) is 3.72. The first-order chi connectivity index (χ1) is 13.4. The highest BCUT2D eigenvalue weighted by Gasteiger charge is 2.23. The molecule has 0 bridgehead atoms. The maximum Gasteiger partial charge on any atom is 0.228 e. The number of anilines is 1. The van der Waals surface area contributed by atoms with Gasteiger partial charge in [0.2, 0.25) is 15.9 Å². The third-order valence-electron chi connectivity index (χ3n) is 5.17. The summed E-state index contributed by atoms with van der Waals surface area (Å²) < 4.78 is 25.1. The third-order valence-corrected chi connectivity index (χ3v) is 6.42. The van der Waals surface area contributed by atoms with Gasteiger partial charge in [-0.1, -0.05) is 48.5 Å². The highest BCUT2D eigenvalue weighted by Crippen LogP contribution is 2.25. The van der Waals surface area contributed by atoms with E-state index in [0.717, 1.165) is 27.5 Å². The lowest BCUT2D eigenvalue weighted by Gasteiger charge is -2.27. The fraction of sp³-hybridized carbons (Fsp3) is 0.227. The fourth-order valence-corrected chi connectivity index (χ4v) is 4.51. The predicted octanol–water partition coefficient (Wildman–Crippen LogP) is 3.34. The molecule has 3 aromatic carbocycles. The Labute approximate surface area is 165 Å². The van der Waals surface area contributed by atoms with Gasteiger partial charge < -0.3 is 5.32 Å². The van der Waals surface area contributed by atoms with Crippen LogP contribution in [0.15, 0.2) is 60.7 Å². The Morgan fingerprint density at radius 2 is 1.82 bits per heavy atom. The van der Waals surface area contributed by atoms with Crippen molar-refractivity contribution in [1.82, 2.24) is 4.31 Å². The number of nitrogens with one attached hydrogen (secondary N) is 1. The van der Waals surface area contributed by atoms with Crippen molar-refractivity contribution in [1.29, 1.82) is 0 Å². The van der Waals surface area contributed by atoms with E-state index in [0.29, 0.717) is 25.2 Å². The first-order valence-electron chi connectivity index (χ1n) is 9.23. The van der Waals surface area contributed by atoms with Gasteiger partial charge in [0, 0.05) is 18.8 Å². The van der Waals surface area contributed by atoms with Gasteiger partial charge in [-0.05, 0) is 46.0 Å². The quantitative estimate of drug-likeness (QED) is 0.738. The van der Waals surface area contributed by atoms with Gasteiger partial charge in [-0.2, -0.15) is 4.31 Å². The number of amides is 1. The van der Waals surface area contributed by atoms with Crippen molar-refractivity contribution in [2.75, 3.05) is 18.1 Å². The highest BCUT2D eigenvalue weighted by atomic mass is 32.2. The summed E-state index contributed by atoms with van der Waals surface area (Å²) in [6.45, 7) is 0.847. The van der Waals surface area contributed by atoms with Gasteiger partial charge in [0.1, 0.15) is 0 Å². The smallest absolute Gasteiger partial charge is 0.228 e. The Balaban J connectivity index is 1.51. The van der Waals surface area contributed by atoms with E-state index in [1.807, 2.05) is 60.7 Å². The second-order valence-corrected chi connectivity index (χ2v) is 9.18. The molecular formula is C22H22N2O3S.